The summed E-state index contributed by atoms with van der Waals surface area (Å²) in [6.45, 7) is 3.28. The molecule has 7 nitrogen and oxygen atoms in total. The predicted octanol–water partition coefficient (Wildman–Crippen LogP) is 2.42. The average molecular weight is 384 g/mol. The molecule has 3 rings (SSSR count). The molecule has 9 heteroatoms. The maximum Gasteiger partial charge on any atom is 0.336 e. The summed E-state index contributed by atoms with van der Waals surface area (Å²) in [6.07, 6.45) is 1.76. The SMILES string of the molecule is CC1CCN(C(=O)CS(=O)(=O)c2nnc(-c3ccc(Cl)cc3)o2)CC1. The third-order valence-electron chi connectivity index (χ3n) is 4.21. The fraction of sp³-hybridized carbons (Fsp3) is 0.438. The van der Waals surface area contributed by atoms with Crippen molar-refractivity contribution in [2.45, 2.75) is 25.0 Å². The molecule has 0 radical (unpaired) electrons. The van der Waals surface area contributed by atoms with Crippen LogP contribution >= 0.6 is 11.6 Å². The van der Waals surface area contributed by atoms with Crippen LogP contribution in [0.2, 0.25) is 5.02 Å². The molecular formula is C16H18ClN3O4S. The van der Waals surface area contributed by atoms with Crippen molar-refractivity contribution in [3.05, 3.63) is 29.3 Å². The van der Waals surface area contributed by atoms with Gasteiger partial charge in [0.25, 0.3) is 0 Å². The van der Waals surface area contributed by atoms with Gasteiger partial charge in [-0.3, -0.25) is 4.79 Å². The molecule has 2 heterocycles. The summed E-state index contributed by atoms with van der Waals surface area (Å²) in [6, 6.07) is 6.56. The molecule has 0 bridgehead atoms. The summed E-state index contributed by atoms with van der Waals surface area (Å²) in [5.74, 6) is -0.477. The lowest BCUT2D eigenvalue weighted by Gasteiger charge is -2.30. The number of sulfone groups is 1. The van der Waals surface area contributed by atoms with E-state index in [9.17, 15) is 13.2 Å². The first-order valence-corrected chi connectivity index (χ1v) is 9.98. The number of carbonyl (C=O) groups is 1. The van der Waals surface area contributed by atoms with Gasteiger partial charge >= 0.3 is 5.22 Å². The Hall–Kier alpha value is -1.93. The Balaban J connectivity index is 1.72. The molecule has 0 N–H and O–H groups in total. The molecule has 1 fully saturated rings. The number of halogens is 1. The average Bonchev–Trinajstić information content (AvgIpc) is 3.06. The van der Waals surface area contributed by atoms with Gasteiger partial charge in [-0.15, -0.1) is 5.10 Å². The van der Waals surface area contributed by atoms with Gasteiger partial charge in [-0.25, -0.2) is 8.42 Å². The number of piperidine rings is 1. The van der Waals surface area contributed by atoms with E-state index < -0.39 is 26.7 Å². The highest BCUT2D eigenvalue weighted by Gasteiger charge is 2.30. The first-order chi connectivity index (χ1) is 11.8. The minimum Gasteiger partial charge on any atom is -0.408 e. The second-order valence-electron chi connectivity index (χ2n) is 6.20. The van der Waals surface area contributed by atoms with Crippen LogP contribution in [0.4, 0.5) is 0 Å². The zero-order valence-corrected chi connectivity index (χ0v) is 15.3. The molecule has 1 aliphatic heterocycles. The van der Waals surface area contributed by atoms with Crippen molar-refractivity contribution in [1.82, 2.24) is 15.1 Å². The van der Waals surface area contributed by atoms with E-state index in [2.05, 4.69) is 17.1 Å². The smallest absolute Gasteiger partial charge is 0.336 e. The number of rotatable bonds is 4. The van der Waals surface area contributed by atoms with E-state index in [1.807, 2.05) is 0 Å². The fourth-order valence-electron chi connectivity index (χ4n) is 2.62. The predicted molar refractivity (Wildman–Crippen MR) is 91.8 cm³/mol. The minimum atomic E-state index is -3.98. The van der Waals surface area contributed by atoms with E-state index in [0.717, 1.165) is 12.8 Å². The second-order valence-corrected chi connectivity index (χ2v) is 8.51. The Bertz CT molecular complexity index is 856. The normalized spacial score (nSPS) is 16.2. The molecule has 0 spiro atoms. The number of benzene rings is 1. The summed E-state index contributed by atoms with van der Waals surface area (Å²) >= 11 is 5.81. The van der Waals surface area contributed by atoms with Crippen molar-refractivity contribution >= 4 is 27.3 Å². The Morgan fingerprint density at radius 3 is 2.52 bits per heavy atom. The van der Waals surface area contributed by atoms with Gasteiger partial charge in [0.1, 0.15) is 5.75 Å². The lowest BCUT2D eigenvalue weighted by Crippen LogP contribution is -2.41. The van der Waals surface area contributed by atoms with Gasteiger partial charge in [0.05, 0.1) is 0 Å². The minimum absolute atomic E-state index is 0.0643. The van der Waals surface area contributed by atoms with E-state index in [4.69, 9.17) is 16.0 Å². The van der Waals surface area contributed by atoms with Crippen LogP contribution in [0.15, 0.2) is 33.9 Å². The summed E-state index contributed by atoms with van der Waals surface area (Å²) < 4.78 is 30.0. The number of hydrogen-bond acceptors (Lipinski definition) is 6. The quantitative estimate of drug-likeness (QED) is 0.804. The standard InChI is InChI=1S/C16H18ClN3O4S/c1-11-6-8-20(9-7-11)14(21)10-25(22,23)16-19-18-15(24-16)12-2-4-13(17)5-3-12/h2-5,11H,6-10H2,1H3. The monoisotopic (exact) mass is 383 g/mol. The highest BCUT2D eigenvalue weighted by atomic mass is 35.5. The van der Waals surface area contributed by atoms with Gasteiger partial charge in [-0.1, -0.05) is 23.6 Å². The number of aromatic nitrogens is 2. The van der Waals surface area contributed by atoms with Crippen molar-refractivity contribution in [2.24, 2.45) is 5.92 Å². The van der Waals surface area contributed by atoms with E-state index in [0.29, 0.717) is 29.6 Å². The van der Waals surface area contributed by atoms with Crippen LogP contribution in [-0.2, 0) is 14.6 Å². The van der Waals surface area contributed by atoms with Gasteiger partial charge in [-0.2, -0.15) is 0 Å². The highest BCUT2D eigenvalue weighted by Crippen LogP contribution is 2.23. The number of nitrogens with zero attached hydrogens (tertiary/aromatic N) is 3. The van der Waals surface area contributed by atoms with E-state index in [1.54, 1.807) is 29.2 Å². The topological polar surface area (TPSA) is 93.4 Å². The number of amides is 1. The van der Waals surface area contributed by atoms with Crippen LogP contribution in [0.5, 0.6) is 0 Å². The van der Waals surface area contributed by atoms with Crippen LogP contribution in [0.1, 0.15) is 19.8 Å². The lowest BCUT2D eigenvalue weighted by molar-refractivity contribution is -0.129. The fourth-order valence-corrected chi connectivity index (χ4v) is 3.75. The first-order valence-electron chi connectivity index (χ1n) is 7.95. The molecule has 0 unspecified atom stereocenters. The van der Waals surface area contributed by atoms with Crippen LogP contribution in [-0.4, -0.2) is 48.3 Å². The molecule has 1 aliphatic rings. The van der Waals surface area contributed by atoms with Gasteiger partial charge in [0.2, 0.25) is 21.6 Å². The third-order valence-corrected chi connectivity index (χ3v) is 5.79. The summed E-state index contributed by atoms with van der Waals surface area (Å²) in [5.41, 5.74) is 0.551. The van der Waals surface area contributed by atoms with Crippen LogP contribution in [0.25, 0.3) is 11.5 Å². The lowest BCUT2D eigenvalue weighted by atomic mass is 9.99. The largest absolute Gasteiger partial charge is 0.408 e. The highest BCUT2D eigenvalue weighted by molar-refractivity contribution is 7.91. The number of hydrogen-bond donors (Lipinski definition) is 0. The summed E-state index contributed by atoms with van der Waals surface area (Å²) in [4.78, 5) is 13.8. The Morgan fingerprint density at radius 2 is 1.88 bits per heavy atom. The maximum absolute atomic E-state index is 12.4. The van der Waals surface area contributed by atoms with E-state index >= 15 is 0 Å². The molecular weight excluding hydrogens is 366 g/mol. The number of carbonyl (C=O) groups excluding carboxylic acids is 1. The van der Waals surface area contributed by atoms with Gasteiger partial charge in [0.15, 0.2) is 0 Å². The van der Waals surface area contributed by atoms with Gasteiger partial charge in [-0.05, 0) is 43.0 Å². The molecule has 0 aliphatic carbocycles. The Morgan fingerprint density at radius 1 is 1.24 bits per heavy atom. The Labute approximate surface area is 150 Å². The maximum atomic E-state index is 12.4. The van der Waals surface area contributed by atoms with Crippen LogP contribution in [0.3, 0.4) is 0 Å². The van der Waals surface area contributed by atoms with Crippen LogP contribution in [0, 0.1) is 5.92 Å². The van der Waals surface area contributed by atoms with E-state index in [-0.39, 0.29) is 5.89 Å². The molecule has 1 aromatic heterocycles. The molecule has 25 heavy (non-hydrogen) atoms. The molecule has 0 saturated carbocycles. The van der Waals surface area contributed by atoms with Crippen molar-refractivity contribution in [1.29, 1.82) is 0 Å². The molecule has 1 saturated heterocycles. The first kappa shape index (κ1) is 17.9. The van der Waals surface area contributed by atoms with Gasteiger partial charge < -0.3 is 9.32 Å². The molecule has 2 aromatic rings. The molecule has 1 amide bonds. The zero-order chi connectivity index (χ0) is 18.0. The Kier molecular flexibility index (Phi) is 5.10. The van der Waals surface area contributed by atoms with Gasteiger partial charge in [0, 0.05) is 23.7 Å². The summed E-state index contributed by atoms with van der Waals surface area (Å²) in [5, 5.41) is 7.33. The van der Waals surface area contributed by atoms with Crippen molar-refractivity contribution < 1.29 is 17.6 Å². The van der Waals surface area contributed by atoms with Crippen LogP contribution < -0.4 is 0 Å². The molecule has 0 atom stereocenters. The second kappa shape index (κ2) is 7.13. The van der Waals surface area contributed by atoms with Crippen molar-refractivity contribution in [3.8, 4) is 11.5 Å². The van der Waals surface area contributed by atoms with Crippen molar-refractivity contribution in [2.75, 3.05) is 18.8 Å². The summed E-state index contributed by atoms with van der Waals surface area (Å²) in [7, 11) is -3.98. The zero-order valence-electron chi connectivity index (χ0n) is 13.7. The number of likely N-dealkylation sites (tertiary alicyclic amines) is 1. The molecule has 134 valence electrons. The van der Waals surface area contributed by atoms with Crippen molar-refractivity contribution in [3.63, 3.8) is 0 Å². The molecule has 1 aromatic carbocycles. The van der Waals surface area contributed by atoms with E-state index in [1.165, 1.54) is 0 Å². The third kappa shape index (κ3) is 4.19.